The molecule has 0 radical (unpaired) electrons. The van der Waals surface area contributed by atoms with E-state index in [1.807, 2.05) is 6.92 Å². The van der Waals surface area contributed by atoms with Crippen molar-refractivity contribution in [3.63, 3.8) is 0 Å². The van der Waals surface area contributed by atoms with Gasteiger partial charge in [-0.2, -0.15) is 0 Å². The molecule has 5 heteroatoms. The number of amides is 1. The van der Waals surface area contributed by atoms with E-state index < -0.39 is 5.82 Å². The number of benzene rings is 1. The number of anilines is 1. The van der Waals surface area contributed by atoms with Crippen molar-refractivity contribution in [2.24, 2.45) is 0 Å². The summed E-state index contributed by atoms with van der Waals surface area (Å²) in [5.74, 6) is -0.602. The Balaban J connectivity index is 2.19. The molecule has 4 nitrogen and oxygen atoms in total. The molecule has 1 aliphatic heterocycles. The first-order valence-electron chi connectivity index (χ1n) is 6.35. The van der Waals surface area contributed by atoms with Gasteiger partial charge in [-0.25, -0.2) is 4.39 Å². The van der Waals surface area contributed by atoms with Crippen LogP contribution in [0, 0.1) is 5.82 Å². The maximum Gasteiger partial charge on any atom is 0.256 e. The molecule has 0 aromatic heterocycles. The number of nitrogens with zero attached hydrogens (tertiary/aromatic N) is 1. The monoisotopic (exact) mass is 266 g/mol. The SMILES string of the molecule is COC1(C)CCCN(C(=O)c2ccc(F)cc2N)C1. The van der Waals surface area contributed by atoms with Crippen LogP contribution in [0.15, 0.2) is 18.2 Å². The zero-order valence-electron chi connectivity index (χ0n) is 11.3. The molecule has 1 heterocycles. The number of likely N-dealkylation sites (tertiary alicyclic amines) is 1. The van der Waals surface area contributed by atoms with Crippen molar-refractivity contribution in [3.05, 3.63) is 29.6 Å². The molecule has 19 heavy (non-hydrogen) atoms. The van der Waals surface area contributed by atoms with Crippen LogP contribution < -0.4 is 5.73 Å². The molecule has 1 aromatic rings. The quantitative estimate of drug-likeness (QED) is 0.833. The molecule has 1 aliphatic rings. The van der Waals surface area contributed by atoms with Gasteiger partial charge in [0.2, 0.25) is 0 Å². The summed E-state index contributed by atoms with van der Waals surface area (Å²) in [6.07, 6.45) is 1.81. The van der Waals surface area contributed by atoms with Gasteiger partial charge in [-0.05, 0) is 38.0 Å². The summed E-state index contributed by atoms with van der Waals surface area (Å²) < 4.78 is 18.5. The highest BCUT2D eigenvalue weighted by Crippen LogP contribution is 2.26. The van der Waals surface area contributed by atoms with Gasteiger partial charge in [-0.15, -0.1) is 0 Å². The lowest BCUT2D eigenvalue weighted by atomic mass is 9.94. The van der Waals surface area contributed by atoms with Gasteiger partial charge < -0.3 is 15.4 Å². The fraction of sp³-hybridized carbons (Fsp3) is 0.500. The topological polar surface area (TPSA) is 55.6 Å². The number of rotatable bonds is 2. The average molecular weight is 266 g/mol. The van der Waals surface area contributed by atoms with Gasteiger partial charge in [0.05, 0.1) is 11.2 Å². The number of nitrogens with two attached hydrogens (primary N) is 1. The Labute approximate surface area is 112 Å². The van der Waals surface area contributed by atoms with E-state index in [1.54, 1.807) is 12.0 Å². The number of hydrogen-bond donors (Lipinski definition) is 1. The summed E-state index contributed by atoms with van der Waals surface area (Å²) in [5, 5.41) is 0. The van der Waals surface area contributed by atoms with Crippen LogP contribution in [0.4, 0.5) is 10.1 Å². The Hall–Kier alpha value is -1.62. The second kappa shape index (κ2) is 5.17. The normalized spacial score (nSPS) is 23.4. The highest BCUT2D eigenvalue weighted by Gasteiger charge is 2.33. The second-order valence-electron chi connectivity index (χ2n) is 5.22. The van der Waals surface area contributed by atoms with Gasteiger partial charge in [0.25, 0.3) is 5.91 Å². The molecule has 1 amide bonds. The number of carbonyl (C=O) groups is 1. The minimum atomic E-state index is -0.436. The van der Waals surface area contributed by atoms with Crippen molar-refractivity contribution < 1.29 is 13.9 Å². The predicted octanol–water partition coefficient (Wildman–Crippen LogP) is 2.05. The van der Waals surface area contributed by atoms with E-state index >= 15 is 0 Å². The summed E-state index contributed by atoms with van der Waals surface area (Å²) in [6, 6.07) is 3.86. The minimum absolute atomic E-state index is 0.166. The Morgan fingerprint density at radius 3 is 2.89 bits per heavy atom. The molecule has 0 spiro atoms. The van der Waals surface area contributed by atoms with Crippen molar-refractivity contribution in [1.82, 2.24) is 4.90 Å². The third kappa shape index (κ3) is 2.87. The van der Waals surface area contributed by atoms with Crippen LogP contribution in [0.3, 0.4) is 0 Å². The lowest BCUT2D eigenvalue weighted by Gasteiger charge is -2.39. The first-order valence-corrected chi connectivity index (χ1v) is 6.35. The maximum atomic E-state index is 13.0. The molecule has 1 fully saturated rings. The molecule has 1 unspecified atom stereocenters. The smallest absolute Gasteiger partial charge is 0.256 e. The summed E-state index contributed by atoms with van der Waals surface area (Å²) in [6.45, 7) is 3.19. The van der Waals surface area contributed by atoms with Gasteiger partial charge in [-0.1, -0.05) is 0 Å². The van der Waals surface area contributed by atoms with Crippen molar-refractivity contribution in [1.29, 1.82) is 0 Å². The molecule has 2 N–H and O–H groups in total. The second-order valence-corrected chi connectivity index (χ2v) is 5.22. The number of ether oxygens (including phenoxy) is 1. The van der Waals surface area contributed by atoms with Crippen molar-refractivity contribution >= 4 is 11.6 Å². The average Bonchev–Trinajstić information content (AvgIpc) is 2.38. The number of nitrogen functional groups attached to an aromatic ring is 1. The van der Waals surface area contributed by atoms with E-state index in [2.05, 4.69) is 0 Å². The van der Waals surface area contributed by atoms with Gasteiger partial charge in [0.15, 0.2) is 0 Å². The fourth-order valence-corrected chi connectivity index (χ4v) is 2.44. The maximum absolute atomic E-state index is 13.0. The summed E-state index contributed by atoms with van der Waals surface area (Å²) in [7, 11) is 1.65. The highest BCUT2D eigenvalue weighted by atomic mass is 19.1. The summed E-state index contributed by atoms with van der Waals surface area (Å²) >= 11 is 0. The van der Waals surface area contributed by atoms with Crippen LogP contribution in [-0.2, 0) is 4.74 Å². The van der Waals surface area contributed by atoms with E-state index in [9.17, 15) is 9.18 Å². The van der Waals surface area contributed by atoms with Crippen LogP contribution in [0.5, 0.6) is 0 Å². The zero-order valence-corrected chi connectivity index (χ0v) is 11.3. The Morgan fingerprint density at radius 1 is 1.53 bits per heavy atom. The summed E-state index contributed by atoms with van der Waals surface area (Å²) in [5.41, 5.74) is 5.92. The molecule has 104 valence electrons. The van der Waals surface area contributed by atoms with Crippen LogP contribution in [0.2, 0.25) is 0 Å². The summed E-state index contributed by atoms with van der Waals surface area (Å²) in [4.78, 5) is 14.1. The number of piperidine rings is 1. The molecule has 0 saturated carbocycles. The number of hydrogen-bond acceptors (Lipinski definition) is 3. The van der Waals surface area contributed by atoms with E-state index in [0.29, 0.717) is 18.7 Å². The van der Waals surface area contributed by atoms with E-state index in [1.165, 1.54) is 18.2 Å². The van der Waals surface area contributed by atoms with Crippen LogP contribution in [0.25, 0.3) is 0 Å². The van der Waals surface area contributed by atoms with Gasteiger partial charge >= 0.3 is 0 Å². The molecular formula is C14H19FN2O2. The first-order chi connectivity index (χ1) is 8.95. The van der Waals surface area contributed by atoms with Crippen molar-refractivity contribution in [2.75, 3.05) is 25.9 Å². The third-order valence-electron chi connectivity index (χ3n) is 3.68. The number of halogens is 1. The molecular weight excluding hydrogens is 247 g/mol. The lowest BCUT2D eigenvalue weighted by Crippen LogP contribution is -2.49. The van der Waals surface area contributed by atoms with E-state index in [4.69, 9.17) is 10.5 Å². The first kappa shape index (κ1) is 13.8. The molecule has 1 atom stereocenters. The molecule has 2 rings (SSSR count). The third-order valence-corrected chi connectivity index (χ3v) is 3.68. The largest absolute Gasteiger partial charge is 0.398 e. The number of carbonyl (C=O) groups excluding carboxylic acids is 1. The van der Waals surface area contributed by atoms with Gasteiger partial charge in [-0.3, -0.25) is 4.79 Å². The Morgan fingerprint density at radius 2 is 2.26 bits per heavy atom. The zero-order chi connectivity index (χ0) is 14.0. The minimum Gasteiger partial charge on any atom is -0.398 e. The molecule has 0 aliphatic carbocycles. The standard InChI is InChI=1S/C14H19FN2O2/c1-14(19-2)6-3-7-17(9-14)13(18)11-5-4-10(15)8-12(11)16/h4-5,8H,3,6-7,9,16H2,1-2H3. The van der Waals surface area contributed by atoms with Crippen LogP contribution in [0.1, 0.15) is 30.1 Å². The van der Waals surface area contributed by atoms with Crippen molar-refractivity contribution in [3.8, 4) is 0 Å². The van der Waals surface area contributed by atoms with Crippen molar-refractivity contribution in [2.45, 2.75) is 25.4 Å². The van der Waals surface area contributed by atoms with Crippen LogP contribution in [-0.4, -0.2) is 36.6 Å². The van der Waals surface area contributed by atoms with Gasteiger partial charge in [0.1, 0.15) is 5.82 Å². The Bertz CT molecular complexity index is 492. The molecule has 0 bridgehead atoms. The van der Waals surface area contributed by atoms with Gasteiger partial charge in [0, 0.05) is 25.9 Å². The molecule has 1 aromatic carbocycles. The highest BCUT2D eigenvalue weighted by molar-refractivity contribution is 5.99. The van der Waals surface area contributed by atoms with E-state index in [0.717, 1.165) is 12.8 Å². The predicted molar refractivity (Wildman–Crippen MR) is 71.4 cm³/mol. The van der Waals surface area contributed by atoms with Crippen LogP contribution >= 0.6 is 0 Å². The number of methoxy groups -OCH3 is 1. The van der Waals surface area contributed by atoms with E-state index in [-0.39, 0.29) is 17.2 Å². The molecule has 1 saturated heterocycles. The Kier molecular flexibility index (Phi) is 3.75. The lowest BCUT2D eigenvalue weighted by molar-refractivity contribution is -0.0439. The fourth-order valence-electron chi connectivity index (χ4n) is 2.44.